The zero-order valence-corrected chi connectivity index (χ0v) is 19.2. The molecule has 4 rings (SSSR count). The molecule has 2 aromatic carbocycles. The normalized spacial score (nSPS) is 24.6. The first-order valence-electron chi connectivity index (χ1n) is 11.3. The number of nitriles is 1. The van der Waals surface area contributed by atoms with Gasteiger partial charge in [0, 0.05) is 31.9 Å². The van der Waals surface area contributed by atoms with Crippen LogP contribution in [0.5, 0.6) is 0 Å². The summed E-state index contributed by atoms with van der Waals surface area (Å²) in [6, 6.07) is 13.6. The van der Waals surface area contributed by atoms with E-state index in [1.807, 2.05) is 18.2 Å². The van der Waals surface area contributed by atoms with Crippen LogP contribution in [0.25, 0.3) is 16.8 Å². The number of piperidine rings is 1. The quantitative estimate of drug-likeness (QED) is 0.552. The predicted octanol–water partition coefficient (Wildman–Crippen LogP) is 2.12. The number of hydrogen-bond acceptors (Lipinski definition) is 7. The number of anilines is 1. The Bertz CT molecular complexity index is 1170. The third-order valence-electron chi connectivity index (χ3n) is 6.26. The molecular formula is C24H29N3O5S. The van der Waals surface area contributed by atoms with Gasteiger partial charge in [0.2, 0.25) is 0 Å². The van der Waals surface area contributed by atoms with Crippen molar-refractivity contribution in [3.05, 3.63) is 46.9 Å². The van der Waals surface area contributed by atoms with Crippen LogP contribution in [-0.4, -0.2) is 63.2 Å². The molecule has 0 aromatic heterocycles. The van der Waals surface area contributed by atoms with Crippen LogP contribution in [0.3, 0.4) is 0 Å². The number of nitrogens with one attached hydrogen (secondary N) is 1. The minimum Gasteiger partial charge on any atom is -0.390 e. The zero-order valence-electron chi connectivity index (χ0n) is 18.4. The Balaban J connectivity index is 1.50. The first-order chi connectivity index (χ1) is 15.9. The van der Waals surface area contributed by atoms with Crippen molar-refractivity contribution >= 4 is 32.6 Å². The lowest BCUT2D eigenvalue weighted by atomic mass is 10.0. The van der Waals surface area contributed by atoms with Gasteiger partial charge >= 0.3 is 0 Å². The van der Waals surface area contributed by atoms with Crippen molar-refractivity contribution in [3.8, 4) is 6.07 Å². The fraction of sp³-hybridized carbons (Fsp3) is 0.458. The maximum atomic E-state index is 12.7. The van der Waals surface area contributed by atoms with E-state index >= 15 is 0 Å². The Morgan fingerprint density at radius 3 is 2.64 bits per heavy atom. The van der Waals surface area contributed by atoms with Crippen molar-refractivity contribution in [2.75, 3.05) is 31.1 Å². The summed E-state index contributed by atoms with van der Waals surface area (Å²) in [6.07, 6.45) is 2.26. The number of sulfonamides is 1. The summed E-state index contributed by atoms with van der Waals surface area (Å²) in [6.45, 7) is 2.11. The Labute approximate surface area is 194 Å². The summed E-state index contributed by atoms with van der Waals surface area (Å²) in [5.41, 5.74) is 1.78. The first kappa shape index (κ1) is 23.7. The van der Waals surface area contributed by atoms with Crippen molar-refractivity contribution in [2.24, 2.45) is 0 Å². The Kier molecular flexibility index (Phi) is 7.32. The molecule has 2 aromatic rings. The van der Waals surface area contributed by atoms with Gasteiger partial charge in [0.05, 0.1) is 12.2 Å². The summed E-state index contributed by atoms with van der Waals surface area (Å²) in [4.78, 5) is 1.95. The second-order valence-electron chi connectivity index (χ2n) is 8.57. The minimum atomic E-state index is -4.11. The van der Waals surface area contributed by atoms with Crippen LogP contribution < -0.4 is 9.62 Å². The van der Waals surface area contributed by atoms with Gasteiger partial charge in [-0.15, -0.1) is 0 Å². The molecule has 0 spiro atoms. The van der Waals surface area contributed by atoms with Gasteiger partial charge in [-0.3, -0.25) is 0 Å². The highest BCUT2D eigenvalue weighted by Crippen LogP contribution is 2.26. The lowest BCUT2D eigenvalue weighted by molar-refractivity contribution is -0.131. The summed E-state index contributed by atoms with van der Waals surface area (Å²) in [7, 11) is -4.11. The third-order valence-corrected chi connectivity index (χ3v) is 7.60. The van der Waals surface area contributed by atoms with Gasteiger partial charge in [0.15, 0.2) is 4.91 Å². The molecule has 3 N–H and O–H groups in total. The van der Waals surface area contributed by atoms with Crippen LogP contribution >= 0.6 is 0 Å². The molecule has 2 saturated heterocycles. The topological polar surface area (TPSA) is 123 Å². The number of hydrogen-bond donors (Lipinski definition) is 3. The van der Waals surface area contributed by atoms with Gasteiger partial charge in [0.25, 0.3) is 10.0 Å². The maximum Gasteiger partial charge on any atom is 0.250 e. The first-order valence-corrected chi connectivity index (χ1v) is 12.7. The average Bonchev–Trinajstić information content (AvgIpc) is 2.83. The highest BCUT2D eigenvalue weighted by molar-refractivity contribution is 7.93. The van der Waals surface area contributed by atoms with Crippen LogP contribution in [0.4, 0.5) is 5.69 Å². The number of aliphatic hydroxyl groups is 2. The van der Waals surface area contributed by atoms with E-state index < -0.39 is 33.2 Å². The molecule has 176 valence electrons. The number of rotatable bonds is 6. The molecule has 0 amide bonds. The van der Waals surface area contributed by atoms with E-state index in [-0.39, 0.29) is 19.6 Å². The number of ether oxygens (including phenoxy) is 1. The molecular weight excluding hydrogens is 442 g/mol. The fourth-order valence-electron chi connectivity index (χ4n) is 4.32. The molecule has 3 atom stereocenters. The number of aliphatic hydroxyl groups excluding tert-OH is 2. The number of fused-ring (bicyclic) bond motifs is 1. The monoisotopic (exact) mass is 471 g/mol. The minimum absolute atomic E-state index is 0.224. The largest absolute Gasteiger partial charge is 0.390 e. The van der Waals surface area contributed by atoms with Crippen molar-refractivity contribution in [1.82, 2.24) is 4.72 Å². The van der Waals surface area contributed by atoms with E-state index in [1.165, 1.54) is 31.0 Å². The maximum absolute atomic E-state index is 12.7. The average molecular weight is 472 g/mol. The van der Waals surface area contributed by atoms with Crippen LogP contribution in [0.15, 0.2) is 41.3 Å². The highest BCUT2D eigenvalue weighted by Gasteiger charge is 2.32. The van der Waals surface area contributed by atoms with E-state index in [9.17, 15) is 23.9 Å². The number of benzene rings is 2. The lowest BCUT2D eigenvalue weighted by Crippen LogP contribution is -2.49. The van der Waals surface area contributed by atoms with E-state index in [1.54, 1.807) is 12.1 Å². The molecule has 0 bridgehead atoms. The predicted molar refractivity (Wildman–Crippen MR) is 127 cm³/mol. The van der Waals surface area contributed by atoms with Crippen LogP contribution in [0, 0.1) is 11.3 Å². The molecule has 2 fully saturated rings. The van der Waals surface area contributed by atoms with E-state index in [0.29, 0.717) is 5.56 Å². The summed E-state index contributed by atoms with van der Waals surface area (Å²) >= 11 is 0. The molecule has 0 aliphatic carbocycles. The molecule has 0 unspecified atom stereocenters. The Morgan fingerprint density at radius 2 is 1.88 bits per heavy atom. The second kappa shape index (κ2) is 10.2. The van der Waals surface area contributed by atoms with Gasteiger partial charge in [-0.1, -0.05) is 18.2 Å². The molecule has 2 aliphatic heterocycles. The van der Waals surface area contributed by atoms with Gasteiger partial charge in [-0.2, -0.15) is 5.26 Å². The van der Waals surface area contributed by atoms with Crippen LogP contribution in [-0.2, 0) is 14.8 Å². The molecule has 8 nitrogen and oxygen atoms in total. The number of nitrogens with zero attached hydrogens (tertiary/aromatic N) is 2. The van der Waals surface area contributed by atoms with Gasteiger partial charge < -0.3 is 19.8 Å². The van der Waals surface area contributed by atoms with Crippen molar-refractivity contribution in [2.45, 2.75) is 44.0 Å². The molecule has 2 heterocycles. The molecule has 9 heteroatoms. The van der Waals surface area contributed by atoms with Gasteiger partial charge in [-0.25, -0.2) is 13.1 Å². The van der Waals surface area contributed by atoms with E-state index in [4.69, 9.17) is 4.74 Å². The van der Waals surface area contributed by atoms with Crippen molar-refractivity contribution in [1.29, 1.82) is 5.26 Å². The van der Waals surface area contributed by atoms with Crippen LogP contribution in [0.2, 0.25) is 0 Å². The molecule has 0 radical (unpaired) electrons. The Morgan fingerprint density at radius 1 is 1.15 bits per heavy atom. The SMILES string of the molecule is N#C/C(=C\c1ccc2cc(N3CCCCC3)ccc2c1)S(=O)(=O)NC[C@H]1OCC[C@@H](O)[C@@H]1O. The molecule has 0 saturated carbocycles. The van der Waals surface area contributed by atoms with Crippen LogP contribution in [0.1, 0.15) is 31.2 Å². The van der Waals surface area contributed by atoms with Gasteiger partial charge in [-0.05, 0) is 66.3 Å². The Hall–Kier alpha value is -2.48. The van der Waals surface area contributed by atoms with E-state index in [0.717, 1.165) is 23.9 Å². The third kappa shape index (κ3) is 5.54. The van der Waals surface area contributed by atoms with Crippen molar-refractivity contribution in [3.63, 3.8) is 0 Å². The van der Waals surface area contributed by atoms with Gasteiger partial charge in [0.1, 0.15) is 12.2 Å². The standard InChI is InChI=1S/C24H29N3O5S/c25-15-21(33(30,31)26-16-23-24(29)22(28)8-11-32-23)13-17-4-5-19-14-20(7-6-18(19)12-17)27-9-2-1-3-10-27/h4-7,12-14,22-24,26,28-29H,1-3,8-11,16H2/b21-13+/t22-,23-,24+/m1/s1. The fourth-order valence-corrected chi connectivity index (χ4v) is 5.27. The zero-order chi connectivity index (χ0) is 23.4. The highest BCUT2D eigenvalue weighted by atomic mass is 32.2. The number of allylic oxidation sites excluding steroid dienone is 1. The summed E-state index contributed by atoms with van der Waals surface area (Å²) < 4.78 is 33.0. The van der Waals surface area contributed by atoms with Crippen molar-refractivity contribution < 1.29 is 23.4 Å². The summed E-state index contributed by atoms with van der Waals surface area (Å²) in [5.74, 6) is 0. The second-order valence-corrected chi connectivity index (χ2v) is 10.3. The van der Waals surface area contributed by atoms with E-state index in [2.05, 4.69) is 21.8 Å². The molecule has 33 heavy (non-hydrogen) atoms. The lowest BCUT2D eigenvalue weighted by Gasteiger charge is -2.31. The summed E-state index contributed by atoms with van der Waals surface area (Å²) in [5, 5.41) is 31.2. The smallest absolute Gasteiger partial charge is 0.250 e. The molecule has 2 aliphatic rings.